The summed E-state index contributed by atoms with van der Waals surface area (Å²) in [4.78, 5) is 20.1. The first kappa shape index (κ1) is 22.9. The molecular weight excluding hydrogens is 472 g/mol. The van der Waals surface area contributed by atoms with Gasteiger partial charge in [0, 0.05) is 37.1 Å². The number of fused-ring (bicyclic) bond motifs is 7. The molecule has 0 aliphatic heterocycles. The molecule has 0 radical (unpaired) electrons. The van der Waals surface area contributed by atoms with Crippen LogP contribution in [0.5, 0.6) is 0 Å². The van der Waals surface area contributed by atoms with E-state index in [1.54, 1.807) is 22.7 Å². The van der Waals surface area contributed by atoms with Crippen LogP contribution in [-0.4, -0.2) is 11.7 Å². The number of amidine groups is 2. The summed E-state index contributed by atoms with van der Waals surface area (Å²) in [5.41, 5.74) is 5.39. The van der Waals surface area contributed by atoms with Crippen molar-refractivity contribution in [1.29, 1.82) is 10.5 Å². The van der Waals surface area contributed by atoms with Gasteiger partial charge in [0.1, 0.15) is 23.5 Å². The molecule has 3 aliphatic rings. The first-order valence-corrected chi connectivity index (χ1v) is 12.6. The minimum absolute atomic E-state index is 0.149. The van der Waals surface area contributed by atoms with Gasteiger partial charge < -0.3 is 9.69 Å². The van der Waals surface area contributed by atoms with E-state index in [1.807, 2.05) is 24.3 Å². The highest BCUT2D eigenvalue weighted by Crippen LogP contribution is 2.65. The molecule has 3 aliphatic carbocycles. The first-order valence-electron chi connectivity index (χ1n) is 11.0. The van der Waals surface area contributed by atoms with Crippen LogP contribution in [0.1, 0.15) is 73.6 Å². The lowest BCUT2D eigenvalue weighted by molar-refractivity contribution is 0.567. The van der Waals surface area contributed by atoms with E-state index in [2.05, 4.69) is 61.2 Å². The van der Waals surface area contributed by atoms with Gasteiger partial charge in [-0.05, 0) is 49.9 Å². The van der Waals surface area contributed by atoms with Gasteiger partial charge in [0.25, 0.3) is 0 Å². The van der Waals surface area contributed by atoms with Gasteiger partial charge in [0.15, 0.2) is 0 Å². The predicted octanol–water partition coefficient (Wildman–Crippen LogP) is 7.06. The molecule has 0 spiro atoms. The predicted molar refractivity (Wildman–Crippen MR) is 141 cm³/mol. The van der Waals surface area contributed by atoms with Crippen molar-refractivity contribution in [2.24, 2.45) is 9.98 Å². The van der Waals surface area contributed by atoms with Crippen LogP contribution in [0.3, 0.4) is 0 Å². The second kappa shape index (κ2) is 7.10. The molecule has 0 amide bonds. The molecule has 35 heavy (non-hydrogen) atoms. The Labute approximate surface area is 212 Å². The van der Waals surface area contributed by atoms with Crippen molar-refractivity contribution in [3.05, 3.63) is 66.2 Å². The van der Waals surface area contributed by atoms with E-state index in [9.17, 15) is 10.5 Å². The molecule has 0 aromatic carbocycles. The minimum atomic E-state index is -0.429. The number of aliphatic imine (C=N–C) groups is 2. The lowest BCUT2D eigenvalue weighted by Crippen LogP contribution is -2.27. The van der Waals surface area contributed by atoms with Crippen molar-refractivity contribution in [2.45, 2.75) is 57.8 Å². The number of hydrogen-bond donors (Lipinski definition) is 0. The third-order valence-corrected chi connectivity index (χ3v) is 9.70. The lowest BCUT2D eigenvalue weighted by Gasteiger charge is -2.30. The summed E-state index contributed by atoms with van der Waals surface area (Å²) in [5, 5.41) is 18.5. The van der Waals surface area contributed by atoms with Crippen LogP contribution in [0.15, 0.2) is 21.4 Å². The first-order chi connectivity index (χ1) is 16.4. The van der Waals surface area contributed by atoms with Crippen LogP contribution in [0.4, 0.5) is 0 Å². The summed E-state index contributed by atoms with van der Waals surface area (Å²) in [6.45, 7) is 27.4. The van der Waals surface area contributed by atoms with E-state index in [4.69, 9.17) is 13.1 Å². The standard InChI is InChI=1S/C27H20N6S2/c1-25(2)15(32-17(11-28)30-7)9-13-19(25)21-23(34-13)24-22(27(21,5)6)20-14(35-24)10-16(26(20,3)4)33-18(12-29)31-8/h9-10H,1-6H3. The third kappa shape index (κ3) is 2.82. The quantitative estimate of drug-likeness (QED) is 0.255. The van der Waals surface area contributed by atoms with Gasteiger partial charge in [-0.2, -0.15) is 0 Å². The second-order valence-corrected chi connectivity index (χ2v) is 12.4. The Morgan fingerprint density at radius 2 is 1.09 bits per heavy atom. The molecule has 170 valence electrons. The molecule has 0 fully saturated rings. The van der Waals surface area contributed by atoms with Crippen molar-refractivity contribution >= 4 is 46.5 Å². The second-order valence-electron chi connectivity index (χ2n) is 10.3. The number of hydrogen-bond acceptors (Lipinski definition) is 6. The topological polar surface area (TPSA) is 81.0 Å². The van der Waals surface area contributed by atoms with Gasteiger partial charge in [0.2, 0.25) is 0 Å². The summed E-state index contributed by atoms with van der Waals surface area (Å²) < 4.78 is 0. The lowest BCUT2D eigenvalue weighted by atomic mass is 9.71. The highest BCUT2D eigenvalue weighted by atomic mass is 32.1. The van der Waals surface area contributed by atoms with Gasteiger partial charge in [-0.15, -0.1) is 32.7 Å². The molecule has 8 heteroatoms. The Balaban J connectivity index is 1.69. The van der Waals surface area contributed by atoms with E-state index >= 15 is 0 Å². The zero-order valence-electron chi connectivity index (χ0n) is 20.2. The van der Waals surface area contributed by atoms with E-state index in [-0.39, 0.29) is 17.1 Å². The molecular formula is C27H20N6S2. The highest BCUT2D eigenvalue weighted by molar-refractivity contribution is 7.23. The zero-order valence-corrected chi connectivity index (χ0v) is 21.8. The van der Waals surface area contributed by atoms with Crippen molar-refractivity contribution in [2.75, 3.05) is 0 Å². The van der Waals surface area contributed by atoms with Crippen molar-refractivity contribution < 1.29 is 0 Å². The fourth-order valence-electron chi connectivity index (χ4n) is 5.57. The molecule has 2 aromatic rings. The Morgan fingerprint density at radius 1 is 0.714 bits per heavy atom. The smallest absolute Gasteiger partial charge is 0.349 e. The number of nitriles is 2. The van der Waals surface area contributed by atoms with Gasteiger partial charge in [-0.25, -0.2) is 10.5 Å². The molecule has 0 unspecified atom stereocenters. The summed E-state index contributed by atoms with van der Waals surface area (Å²) >= 11 is 3.51. The summed E-state index contributed by atoms with van der Waals surface area (Å²) in [6, 6.07) is 3.76. The Kier molecular flexibility index (Phi) is 4.65. The molecule has 2 aromatic heterocycles. The van der Waals surface area contributed by atoms with Gasteiger partial charge in [-0.1, -0.05) is 27.0 Å². The van der Waals surface area contributed by atoms with Crippen LogP contribution < -0.4 is 0 Å². The maximum atomic E-state index is 9.23. The summed E-state index contributed by atoms with van der Waals surface area (Å²) in [7, 11) is 0. The molecule has 0 saturated carbocycles. The van der Waals surface area contributed by atoms with E-state index in [0.717, 1.165) is 21.1 Å². The molecule has 0 N–H and O–H groups in total. The largest absolute Gasteiger partial charge is 0.351 e. The maximum Gasteiger partial charge on any atom is 0.349 e. The third-order valence-electron chi connectivity index (χ3n) is 7.26. The van der Waals surface area contributed by atoms with E-state index in [0.29, 0.717) is 0 Å². The van der Waals surface area contributed by atoms with Crippen LogP contribution in [-0.2, 0) is 16.2 Å². The molecule has 6 nitrogen and oxygen atoms in total. The van der Waals surface area contributed by atoms with Gasteiger partial charge in [0.05, 0.1) is 10.8 Å². The number of nitrogens with zero attached hydrogens (tertiary/aromatic N) is 6. The Hall–Kier alpha value is -3.82. The minimum Gasteiger partial charge on any atom is -0.351 e. The zero-order chi connectivity index (χ0) is 25.5. The molecule has 0 atom stereocenters. The molecule has 0 saturated heterocycles. The summed E-state index contributed by atoms with van der Waals surface area (Å²) in [6.07, 6.45) is 4.06. The number of rotatable bonds is 2. The van der Waals surface area contributed by atoms with Gasteiger partial charge in [-0.3, -0.25) is 0 Å². The van der Waals surface area contributed by atoms with Crippen LogP contribution in [0, 0.1) is 35.8 Å². The maximum absolute atomic E-state index is 9.23. The van der Waals surface area contributed by atoms with Crippen LogP contribution in [0.25, 0.3) is 31.6 Å². The van der Waals surface area contributed by atoms with E-state index in [1.165, 1.54) is 32.0 Å². The van der Waals surface area contributed by atoms with Crippen molar-refractivity contribution in [3.8, 4) is 21.9 Å². The van der Waals surface area contributed by atoms with Gasteiger partial charge >= 0.3 is 11.7 Å². The summed E-state index contributed by atoms with van der Waals surface area (Å²) in [5.74, 6) is -0.297. The van der Waals surface area contributed by atoms with Crippen LogP contribution in [0.2, 0.25) is 0 Å². The fourth-order valence-corrected chi connectivity index (χ4v) is 8.82. The number of allylic oxidation sites excluding steroid dienone is 2. The molecule has 0 bridgehead atoms. The van der Waals surface area contributed by atoms with Crippen LogP contribution >= 0.6 is 22.7 Å². The van der Waals surface area contributed by atoms with E-state index < -0.39 is 10.8 Å². The normalized spacial score (nSPS) is 19.8. The highest BCUT2D eigenvalue weighted by Gasteiger charge is 2.53. The Morgan fingerprint density at radius 3 is 1.40 bits per heavy atom. The fraction of sp³-hybridized carbons (Fsp3) is 0.333. The number of thiophene rings is 2. The molecule has 5 rings (SSSR count). The average Bonchev–Trinajstić information content (AvgIpc) is 3.52. The monoisotopic (exact) mass is 492 g/mol. The average molecular weight is 493 g/mol. The Bertz CT molecular complexity index is 1500. The SMILES string of the molecule is [C-]#[N+]C(C#N)=NC1=Cc2sc3c(c2C1(C)C)C(C)(C)c1c-3sc2c1C(C)(C)C(N=C(C#N)[N+]#[C-])=C2. The molecule has 2 heterocycles. The van der Waals surface area contributed by atoms with Crippen molar-refractivity contribution in [1.82, 2.24) is 0 Å². The van der Waals surface area contributed by atoms with Crippen molar-refractivity contribution in [3.63, 3.8) is 0 Å².